The van der Waals surface area contributed by atoms with Gasteiger partial charge in [-0.1, -0.05) is 39.7 Å². The van der Waals surface area contributed by atoms with Crippen LogP contribution in [0.2, 0.25) is 5.02 Å². The van der Waals surface area contributed by atoms with Gasteiger partial charge >= 0.3 is 5.97 Å². The van der Waals surface area contributed by atoms with Gasteiger partial charge in [-0.2, -0.15) is 0 Å². The van der Waals surface area contributed by atoms with Crippen molar-refractivity contribution in [3.05, 3.63) is 63.1 Å². The van der Waals surface area contributed by atoms with E-state index in [1.807, 2.05) is 24.3 Å². The number of halogens is 2. The number of anilines is 1. The monoisotopic (exact) mass is 451 g/mol. The Hall–Kier alpha value is -1.89. The number of amides is 1. The smallest absolute Gasteiger partial charge is 0.339 e. The van der Waals surface area contributed by atoms with Gasteiger partial charge in [-0.05, 0) is 48.7 Å². The lowest BCUT2D eigenvalue weighted by Crippen LogP contribution is -2.44. The standard InChI is InChI=1S/C20H19BrClNO4/c1-26-18(24)16-12-15(6-7-17(16)22)23-19(25)20(8-10-27-11-9-20)13-2-4-14(21)5-3-13/h2-7,12H,8-11H2,1H3,(H,23,25). The number of benzene rings is 2. The maximum Gasteiger partial charge on any atom is 0.339 e. The van der Waals surface area contributed by atoms with Crippen LogP contribution in [0, 0.1) is 0 Å². The fourth-order valence-electron chi connectivity index (χ4n) is 3.26. The molecule has 7 heteroatoms. The summed E-state index contributed by atoms with van der Waals surface area (Å²) in [6, 6.07) is 12.5. The number of methoxy groups -OCH3 is 1. The van der Waals surface area contributed by atoms with Gasteiger partial charge in [-0.25, -0.2) is 4.79 Å². The molecule has 1 aliphatic heterocycles. The van der Waals surface area contributed by atoms with E-state index >= 15 is 0 Å². The van der Waals surface area contributed by atoms with Crippen LogP contribution >= 0.6 is 27.5 Å². The Labute approximate surface area is 171 Å². The molecule has 142 valence electrons. The number of hydrogen-bond donors (Lipinski definition) is 1. The summed E-state index contributed by atoms with van der Waals surface area (Å²) in [5.41, 5.74) is 0.951. The zero-order valence-corrected chi connectivity index (χ0v) is 17.1. The quantitative estimate of drug-likeness (QED) is 0.690. The number of esters is 1. The van der Waals surface area contributed by atoms with Crippen LogP contribution in [-0.2, 0) is 19.7 Å². The molecule has 0 radical (unpaired) electrons. The molecule has 0 saturated carbocycles. The zero-order chi connectivity index (χ0) is 19.4. The van der Waals surface area contributed by atoms with Gasteiger partial charge in [0, 0.05) is 23.4 Å². The van der Waals surface area contributed by atoms with Crippen LogP contribution in [-0.4, -0.2) is 32.2 Å². The van der Waals surface area contributed by atoms with Gasteiger partial charge in [-0.3, -0.25) is 4.79 Å². The third-order valence-electron chi connectivity index (χ3n) is 4.81. The van der Waals surface area contributed by atoms with E-state index in [0.717, 1.165) is 10.0 Å². The predicted molar refractivity (Wildman–Crippen MR) is 107 cm³/mol. The first-order chi connectivity index (χ1) is 13.0. The minimum Gasteiger partial charge on any atom is -0.465 e. The number of ether oxygens (including phenoxy) is 2. The van der Waals surface area contributed by atoms with Crippen LogP contribution in [0.4, 0.5) is 5.69 Å². The molecule has 27 heavy (non-hydrogen) atoms. The molecule has 3 rings (SSSR count). The normalized spacial score (nSPS) is 15.8. The molecule has 2 aromatic carbocycles. The fourth-order valence-corrected chi connectivity index (χ4v) is 3.71. The molecule has 1 fully saturated rings. The highest BCUT2D eigenvalue weighted by atomic mass is 79.9. The van der Waals surface area contributed by atoms with E-state index in [0.29, 0.717) is 31.7 Å². The van der Waals surface area contributed by atoms with Gasteiger partial charge in [0.15, 0.2) is 0 Å². The SMILES string of the molecule is COC(=O)c1cc(NC(=O)C2(c3ccc(Br)cc3)CCOCC2)ccc1Cl. The predicted octanol–water partition coefficient (Wildman–Crippen LogP) is 4.58. The lowest BCUT2D eigenvalue weighted by atomic mass is 9.73. The van der Waals surface area contributed by atoms with Crippen molar-refractivity contribution in [3.8, 4) is 0 Å². The van der Waals surface area contributed by atoms with Crippen LogP contribution in [0.25, 0.3) is 0 Å². The van der Waals surface area contributed by atoms with Gasteiger partial charge in [0.05, 0.1) is 23.1 Å². The summed E-state index contributed by atoms with van der Waals surface area (Å²) in [5.74, 6) is -0.684. The molecule has 1 saturated heterocycles. The third kappa shape index (κ3) is 4.18. The van der Waals surface area contributed by atoms with Crippen molar-refractivity contribution in [1.82, 2.24) is 0 Å². The minimum absolute atomic E-state index is 0.133. The van der Waals surface area contributed by atoms with E-state index in [1.165, 1.54) is 13.2 Å². The molecule has 0 unspecified atom stereocenters. The zero-order valence-electron chi connectivity index (χ0n) is 14.8. The molecule has 2 aromatic rings. The topological polar surface area (TPSA) is 64.6 Å². The van der Waals surface area contributed by atoms with Crippen LogP contribution in [0.1, 0.15) is 28.8 Å². The van der Waals surface area contributed by atoms with Crippen LogP contribution < -0.4 is 5.32 Å². The number of nitrogens with one attached hydrogen (secondary N) is 1. The van der Waals surface area contributed by atoms with Crippen molar-refractivity contribution in [1.29, 1.82) is 0 Å². The molecule has 0 atom stereocenters. The number of carbonyl (C=O) groups is 2. The maximum absolute atomic E-state index is 13.3. The van der Waals surface area contributed by atoms with Crippen molar-refractivity contribution in [2.24, 2.45) is 0 Å². The fraction of sp³-hybridized carbons (Fsp3) is 0.300. The average Bonchev–Trinajstić information content (AvgIpc) is 2.69. The summed E-state index contributed by atoms with van der Waals surface area (Å²) in [6.07, 6.45) is 1.16. The molecule has 1 amide bonds. The van der Waals surface area contributed by atoms with Gasteiger partial charge in [0.1, 0.15) is 0 Å². The van der Waals surface area contributed by atoms with Crippen LogP contribution in [0.5, 0.6) is 0 Å². The molecule has 0 aliphatic carbocycles. The Bertz CT molecular complexity index is 848. The first-order valence-corrected chi connectivity index (χ1v) is 9.66. The van der Waals surface area contributed by atoms with Crippen LogP contribution in [0.15, 0.2) is 46.9 Å². The molecule has 0 bridgehead atoms. The van der Waals surface area contributed by atoms with E-state index in [-0.39, 0.29) is 16.5 Å². The number of carbonyl (C=O) groups excluding carboxylic acids is 2. The summed E-state index contributed by atoms with van der Waals surface area (Å²) in [4.78, 5) is 25.1. The molecule has 1 N–H and O–H groups in total. The van der Waals surface area contributed by atoms with E-state index in [1.54, 1.807) is 12.1 Å². The summed E-state index contributed by atoms with van der Waals surface area (Å²) >= 11 is 9.49. The van der Waals surface area contributed by atoms with Gasteiger partial charge in [0.2, 0.25) is 5.91 Å². The average molecular weight is 453 g/mol. The van der Waals surface area contributed by atoms with Crippen molar-refractivity contribution < 1.29 is 19.1 Å². The summed E-state index contributed by atoms with van der Waals surface area (Å²) in [5, 5.41) is 3.21. The van der Waals surface area contributed by atoms with E-state index in [4.69, 9.17) is 21.1 Å². The Morgan fingerprint density at radius 2 is 1.81 bits per heavy atom. The van der Waals surface area contributed by atoms with Gasteiger partial charge in [0.25, 0.3) is 0 Å². The van der Waals surface area contributed by atoms with Crippen molar-refractivity contribution in [2.75, 3.05) is 25.6 Å². The Morgan fingerprint density at radius 1 is 1.15 bits per heavy atom. The molecule has 0 spiro atoms. The molecule has 0 aromatic heterocycles. The van der Waals surface area contributed by atoms with E-state index in [9.17, 15) is 9.59 Å². The van der Waals surface area contributed by atoms with Crippen molar-refractivity contribution in [3.63, 3.8) is 0 Å². The van der Waals surface area contributed by atoms with Crippen LogP contribution in [0.3, 0.4) is 0 Å². The Morgan fingerprint density at radius 3 is 2.44 bits per heavy atom. The molecule has 1 aliphatic rings. The maximum atomic E-state index is 13.3. The molecular weight excluding hydrogens is 434 g/mol. The molecule has 1 heterocycles. The summed E-state index contributed by atoms with van der Waals surface area (Å²) in [6.45, 7) is 1.02. The summed E-state index contributed by atoms with van der Waals surface area (Å²) in [7, 11) is 1.29. The Kier molecular flexibility index (Phi) is 6.19. The van der Waals surface area contributed by atoms with Gasteiger partial charge in [-0.15, -0.1) is 0 Å². The summed E-state index contributed by atoms with van der Waals surface area (Å²) < 4.78 is 11.2. The number of hydrogen-bond acceptors (Lipinski definition) is 4. The van der Waals surface area contributed by atoms with E-state index < -0.39 is 11.4 Å². The second-order valence-corrected chi connectivity index (χ2v) is 7.66. The van der Waals surface area contributed by atoms with Crippen molar-refractivity contribution >= 4 is 45.1 Å². The second-order valence-electron chi connectivity index (χ2n) is 6.34. The molecule has 5 nitrogen and oxygen atoms in total. The second kappa shape index (κ2) is 8.42. The Balaban J connectivity index is 1.92. The minimum atomic E-state index is -0.690. The van der Waals surface area contributed by atoms with Crippen molar-refractivity contribution in [2.45, 2.75) is 18.3 Å². The highest BCUT2D eigenvalue weighted by molar-refractivity contribution is 9.10. The number of rotatable bonds is 4. The lowest BCUT2D eigenvalue weighted by molar-refractivity contribution is -0.125. The van der Waals surface area contributed by atoms with Gasteiger partial charge < -0.3 is 14.8 Å². The molecular formula is C20H19BrClNO4. The lowest BCUT2D eigenvalue weighted by Gasteiger charge is -2.36. The highest BCUT2D eigenvalue weighted by Gasteiger charge is 2.41. The highest BCUT2D eigenvalue weighted by Crippen LogP contribution is 2.37. The first kappa shape index (κ1) is 19.9. The largest absolute Gasteiger partial charge is 0.465 e. The van der Waals surface area contributed by atoms with E-state index in [2.05, 4.69) is 21.2 Å². The first-order valence-electron chi connectivity index (χ1n) is 8.49. The third-order valence-corrected chi connectivity index (χ3v) is 5.67.